The van der Waals surface area contributed by atoms with Gasteiger partial charge in [0.1, 0.15) is 16.9 Å². The molecule has 3 heterocycles. The number of nitrogens with zero attached hydrogens (tertiary/aromatic N) is 3. The zero-order valence-corrected chi connectivity index (χ0v) is 31.0. The molecule has 0 spiro atoms. The van der Waals surface area contributed by atoms with E-state index in [9.17, 15) is 0 Å². The molecule has 4 nitrogen and oxygen atoms in total. The first-order valence-electron chi connectivity index (χ1n) is 18.8. The largest absolute Gasteiger partial charge is 0.456 e. The van der Waals surface area contributed by atoms with E-state index in [0.29, 0.717) is 0 Å². The van der Waals surface area contributed by atoms with Gasteiger partial charge >= 0.3 is 0 Å². The lowest BCUT2D eigenvalue weighted by molar-refractivity contribution is 0.669. The number of hydrogen-bond donors (Lipinski definition) is 0. The van der Waals surface area contributed by atoms with Crippen LogP contribution in [0.2, 0.25) is 0 Å². The van der Waals surface area contributed by atoms with Crippen molar-refractivity contribution in [3.8, 4) is 16.8 Å². The summed E-state index contributed by atoms with van der Waals surface area (Å²) in [5, 5.41) is 4.72. The molecule has 1 aliphatic heterocycles. The van der Waals surface area contributed by atoms with Crippen molar-refractivity contribution in [1.29, 1.82) is 0 Å². The molecular weight excluding hydrogens is 671 g/mol. The van der Waals surface area contributed by atoms with E-state index in [-0.39, 0.29) is 0 Å². The van der Waals surface area contributed by atoms with Gasteiger partial charge in [-0.2, -0.15) is 4.58 Å². The molecule has 0 unspecified atom stereocenters. The van der Waals surface area contributed by atoms with Gasteiger partial charge in [0.05, 0.1) is 16.6 Å². The monoisotopic (exact) mass is 708 g/mol. The summed E-state index contributed by atoms with van der Waals surface area (Å²) in [7, 11) is 0. The quantitative estimate of drug-likeness (QED) is 0.129. The molecule has 0 saturated heterocycles. The Balaban J connectivity index is 1.18. The zero-order chi connectivity index (χ0) is 37.0. The number of rotatable bonds is 5. The molecule has 0 aliphatic carbocycles. The number of hydrogen-bond acceptors (Lipinski definition) is 2. The van der Waals surface area contributed by atoms with Gasteiger partial charge in [-0.05, 0) is 85.5 Å². The summed E-state index contributed by atoms with van der Waals surface area (Å²) in [6.45, 7) is 6.54. The third-order valence-electron chi connectivity index (χ3n) is 10.9. The number of para-hydroxylation sites is 4. The van der Waals surface area contributed by atoms with Gasteiger partial charge in [0.15, 0.2) is 6.21 Å². The summed E-state index contributed by atoms with van der Waals surface area (Å²) in [6, 6.07) is 53.7. The van der Waals surface area contributed by atoms with Crippen molar-refractivity contribution in [1.82, 2.24) is 9.14 Å². The van der Waals surface area contributed by atoms with E-state index in [4.69, 9.17) is 9.41 Å². The molecule has 0 N–H and O–H groups in total. The Morgan fingerprint density at radius 3 is 2.16 bits per heavy atom. The highest BCUT2D eigenvalue weighted by molar-refractivity contribution is 6.19. The van der Waals surface area contributed by atoms with Crippen LogP contribution in [0.15, 0.2) is 179 Å². The van der Waals surface area contributed by atoms with E-state index in [1.165, 1.54) is 49.6 Å². The molecule has 55 heavy (non-hydrogen) atoms. The van der Waals surface area contributed by atoms with Crippen LogP contribution in [0, 0.1) is 6.92 Å². The summed E-state index contributed by atoms with van der Waals surface area (Å²) in [6.07, 6.45) is 8.63. The second-order valence-electron chi connectivity index (χ2n) is 14.3. The standard InChI is InChI=1S/C51H38N3O/c1-33-17-11-12-32-53(42-26-9-8-25-41(42)52-35(3)37-22-16-31-47-50(37)40-21-7-10-30-46(40)55-47)43-27-14-23-38(48(33)43)39-24-15-29-45-51(39)49-34(2)18-13-28-44(49)54(45)36-19-5-4-6-20-36/h4-32H,1-3H3/q+1/b12-11-,17-11?,32-12?,33-17+,48-33?,52-35?. The summed E-state index contributed by atoms with van der Waals surface area (Å²) >= 11 is 0. The number of aryl methyl sites for hydroxylation is 1. The molecule has 0 saturated carbocycles. The van der Waals surface area contributed by atoms with Gasteiger partial charge in [-0.25, -0.2) is 4.99 Å². The van der Waals surface area contributed by atoms with Crippen molar-refractivity contribution in [2.75, 3.05) is 0 Å². The Morgan fingerprint density at radius 1 is 0.582 bits per heavy atom. The molecule has 0 radical (unpaired) electrons. The molecule has 2 aromatic heterocycles. The molecule has 9 aromatic rings. The van der Waals surface area contributed by atoms with E-state index in [2.05, 4.69) is 182 Å². The van der Waals surface area contributed by atoms with Crippen LogP contribution < -0.4 is 4.58 Å². The Morgan fingerprint density at radius 2 is 1.27 bits per heavy atom. The fraction of sp³-hybridized carbons (Fsp3) is 0.0588. The first kappa shape index (κ1) is 32.6. The van der Waals surface area contributed by atoms with Crippen LogP contribution in [0.25, 0.3) is 66.1 Å². The second-order valence-corrected chi connectivity index (χ2v) is 14.3. The first-order chi connectivity index (χ1) is 27.1. The fourth-order valence-electron chi connectivity index (χ4n) is 8.53. The van der Waals surface area contributed by atoms with Gasteiger partial charge in [-0.1, -0.05) is 109 Å². The van der Waals surface area contributed by atoms with Crippen LogP contribution in [-0.4, -0.2) is 16.5 Å². The lowest BCUT2D eigenvalue weighted by Gasteiger charge is -2.17. The van der Waals surface area contributed by atoms with Gasteiger partial charge in [-0.15, -0.1) is 0 Å². The molecular formula is C51H38N3O+. The number of allylic oxidation sites excluding steroid dienone is 4. The van der Waals surface area contributed by atoms with Crippen LogP contribution in [0.1, 0.15) is 30.5 Å². The number of benzene rings is 7. The molecule has 0 fully saturated rings. The zero-order valence-electron chi connectivity index (χ0n) is 31.0. The molecule has 10 rings (SSSR count). The van der Waals surface area contributed by atoms with Gasteiger partial charge in [0.2, 0.25) is 11.4 Å². The second kappa shape index (κ2) is 13.1. The van der Waals surface area contributed by atoms with Crippen molar-refractivity contribution in [2.24, 2.45) is 4.99 Å². The number of fused-ring (bicyclic) bond motifs is 7. The highest BCUT2D eigenvalue weighted by Crippen LogP contribution is 2.45. The molecule has 0 amide bonds. The van der Waals surface area contributed by atoms with E-state index in [1.807, 2.05) is 24.3 Å². The van der Waals surface area contributed by atoms with Crippen molar-refractivity contribution in [2.45, 2.75) is 20.8 Å². The lowest BCUT2D eigenvalue weighted by atomic mass is 9.89. The topological polar surface area (TPSA) is 33.4 Å². The van der Waals surface area contributed by atoms with Crippen molar-refractivity contribution >= 4 is 78.3 Å². The maximum Gasteiger partial charge on any atom is 0.236 e. The van der Waals surface area contributed by atoms with E-state index in [0.717, 1.165) is 56.0 Å². The Labute approximate surface area is 319 Å². The van der Waals surface area contributed by atoms with Gasteiger partial charge in [-0.3, -0.25) is 0 Å². The Bertz CT molecular complexity index is 3110. The molecule has 0 bridgehead atoms. The van der Waals surface area contributed by atoms with Gasteiger partial charge < -0.3 is 8.98 Å². The van der Waals surface area contributed by atoms with Gasteiger partial charge in [0.25, 0.3) is 0 Å². The Hall–Kier alpha value is -7.04. The Kier molecular flexibility index (Phi) is 7.77. The minimum Gasteiger partial charge on any atom is -0.456 e. The van der Waals surface area contributed by atoms with Crippen molar-refractivity contribution in [3.63, 3.8) is 0 Å². The SMILES string of the molecule is CC(=Nc1ccccc1[N+]1=C/C=C\C=C(/C)c2c(-c3cccc4c3c3c(C)cccc3n4-c3ccccc3)cccc21)c1cccc2oc3ccccc3c12. The number of furan rings is 1. The maximum absolute atomic E-state index is 6.23. The van der Waals surface area contributed by atoms with Crippen LogP contribution in [0.4, 0.5) is 17.1 Å². The average molecular weight is 709 g/mol. The summed E-state index contributed by atoms with van der Waals surface area (Å²) in [5.74, 6) is 0. The predicted octanol–water partition coefficient (Wildman–Crippen LogP) is 13.7. The van der Waals surface area contributed by atoms with Crippen LogP contribution in [-0.2, 0) is 0 Å². The van der Waals surface area contributed by atoms with Gasteiger partial charge in [0, 0.05) is 56.7 Å². The smallest absolute Gasteiger partial charge is 0.236 e. The van der Waals surface area contributed by atoms with E-state index < -0.39 is 0 Å². The molecule has 7 aromatic carbocycles. The fourth-order valence-corrected chi connectivity index (χ4v) is 8.53. The predicted molar refractivity (Wildman–Crippen MR) is 233 cm³/mol. The maximum atomic E-state index is 6.23. The first-order valence-corrected chi connectivity index (χ1v) is 18.8. The normalized spacial score (nSPS) is 14.8. The van der Waals surface area contributed by atoms with Crippen LogP contribution in [0.3, 0.4) is 0 Å². The molecule has 0 atom stereocenters. The number of aromatic nitrogens is 1. The lowest BCUT2D eigenvalue weighted by Crippen LogP contribution is -2.09. The minimum atomic E-state index is 0.865. The third-order valence-corrected chi connectivity index (χ3v) is 10.9. The highest BCUT2D eigenvalue weighted by atomic mass is 16.3. The van der Waals surface area contributed by atoms with E-state index in [1.54, 1.807) is 0 Å². The van der Waals surface area contributed by atoms with Crippen LogP contribution >= 0.6 is 0 Å². The summed E-state index contributed by atoms with van der Waals surface area (Å²) in [5.41, 5.74) is 16.3. The molecule has 1 aliphatic rings. The molecule has 262 valence electrons. The van der Waals surface area contributed by atoms with E-state index >= 15 is 0 Å². The molecule has 4 heteroatoms. The average Bonchev–Trinajstić information content (AvgIpc) is 3.77. The minimum absolute atomic E-state index is 0.865. The van der Waals surface area contributed by atoms with Crippen LogP contribution in [0.5, 0.6) is 0 Å². The highest BCUT2D eigenvalue weighted by Gasteiger charge is 2.27. The van der Waals surface area contributed by atoms with Crippen molar-refractivity contribution < 1.29 is 4.42 Å². The van der Waals surface area contributed by atoms with Crippen molar-refractivity contribution in [3.05, 3.63) is 187 Å². The summed E-state index contributed by atoms with van der Waals surface area (Å²) in [4.78, 5) is 5.36. The number of aliphatic imine (C=N–C) groups is 1. The third kappa shape index (κ3) is 5.29. The summed E-state index contributed by atoms with van der Waals surface area (Å²) < 4.78 is 10.9.